The Balaban J connectivity index is 3.62. The average Bonchev–Trinajstić information content (AvgIpc) is 2.26. The Morgan fingerprint density at radius 3 is 2.81 bits per heavy atom. The van der Waals surface area contributed by atoms with Crippen LogP contribution in [0.2, 0.25) is 0 Å². The van der Waals surface area contributed by atoms with Crippen LogP contribution in [0.3, 0.4) is 0 Å². The number of rotatable bonds is 8. The molecule has 0 heterocycles. The van der Waals surface area contributed by atoms with Crippen LogP contribution >= 0.6 is 0 Å². The van der Waals surface area contributed by atoms with Crippen LogP contribution in [-0.4, -0.2) is 38.2 Å². The van der Waals surface area contributed by atoms with E-state index in [9.17, 15) is 4.79 Å². The topological polar surface area (TPSA) is 115 Å². The van der Waals surface area contributed by atoms with Crippen molar-refractivity contribution in [3.8, 4) is 0 Å². The van der Waals surface area contributed by atoms with Crippen molar-refractivity contribution < 1.29 is 9.53 Å². The number of carbonyl (C=O) groups excluding carboxylic acids is 1. The summed E-state index contributed by atoms with van der Waals surface area (Å²) in [6.45, 7) is 4.37. The molecule has 0 bridgehead atoms. The van der Waals surface area contributed by atoms with Gasteiger partial charge >= 0.3 is 0 Å². The molecule has 0 aromatic heterocycles. The average molecular weight is 231 g/mol. The lowest BCUT2D eigenvalue weighted by Gasteiger charge is -2.07. The number of primary amides is 1. The zero-order chi connectivity index (χ0) is 12.2. The SMILES string of the molecule is CCOCCCN=C(NN)NCCC(N)=O. The number of ether oxygens (including phenoxy) is 1. The molecule has 0 saturated carbocycles. The minimum atomic E-state index is -0.361. The molecule has 6 N–H and O–H groups in total. The van der Waals surface area contributed by atoms with Gasteiger partial charge in [-0.05, 0) is 13.3 Å². The van der Waals surface area contributed by atoms with E-state index in [-0.39, 0.29) is 12.3 Å². The number of hydrogen-bond acceptors (Lipinski definition) is 4. The summed E-state index contributed by atoms with van der Waals surface area (Å²) in [7, 11) is 0. The van der Waals surface area contributed by atoms with Gasteiger partial charge in [0.15, 0.2) is 0 Å². The second-order valence-electron chi connectivity index (χ2n) is 3.07. The number of guanidine groups is 1. The predicted molar refractivity (Wildman–Crippen MR) is 62.5 cm³/mol. The third-order valence-corrected chi connectivity index (χ3v) is 1.72. The van der Waals surface area contributed by atoms with E-state index >= 15 is 0 Å². The van der Waals surface area contributed by atoms with E-state index in [2.05, 4.69) is 15.7 Å². The first-order valence-corrected chi connectivity index (χ1v) is 5.31. The summed E-state index contributed by atoms with van der Waals surface area (Å²) in [6, 6.07) is 0. The van der Waals surface area contributed by atoms with Gasteiger partial charge in [-0.2, -0.15) is 0 Å². The minimum absolute atomic E-state index is 0.250. The molecule has 0 spiro atoms. The molecule has 1 amide bonds. The van der Waals surface area contributed by atoms with Gasteiger partial charge in [-0.15, -0.1) is 0 Å². The Bertz CT molecular complexity index is 220. The largest absolute Gasteiger partial charge is 0.382 e. The second-order valence-corrected chi connectivity index (χ2v) is 3.07. The fourth-order valence-electron chi connectivity index (χ4n) is 0.958. The lowest BCUT2D eigenvalue weighted by molar-refractivity contribution is -0.117. The molecule has 0 atom stereocenters. The molecule has 7 heteroatoms. The monoisotopic (exact) mass is 231 g/mol. The molecule has 0 aliphatic rings. The molecule has 0 rings (SSSR count). The van der Waals surface area contributed by atoms with Gasteiger partial charge in [0.1, 0.15) is 0 Å². The highest BCUT2D eigenvalue weighted by atomic mass is 16.5. The van der Waals surface area contributed by atoms with Gasteiger partial charge in [-0.3, -0.25) is 15.2 Å². The quantitative estimate of drug-likeness (QED) is 0.136. The van der Waals surface area contributed by atoms with Crippen LogP contribution in [0.15, 0.2) is 4.99 Å². The first-order chi connectivity index (χ1) is 7.70. The van der Waals surface area contributed by atoms with E-state index in [4.69, 9.17) is 16.3 Å². The standard InChI is InChI=1S/C9H21N5O2/c1-2-16-7-3-5-12-9(14-11)13-6-4-8(10)15/h2-7,11H2,1H3,(H2,10,15)(H2,12,13,14). The Hall–Kier alpha value is -1.34. The third kappa shape index (κ3) is 9.22. The molecule has 0 aromatic rings. The molecule has 0 saturated heterocycles. The van der Waals surface area contributed by atoms with Crippen molar-refractivity contribution in [3.63, 3.8) is 0 Å². The van der Waals surface area contributed by atoms with Crippen LogP contribution < -0.4 is 22.3 Å². The highest BCUT2D eigenvalue weighted by Crippen LogP contribution is 1.84. The first kappa shape index (κ1) is 14.7. The highest BCUT2D eigenvalue weighted by Gasteiger charge is 1.97. The maximum atomic E-state index is 10.5. The molecule has 0 unspecified atom stereocenters. The van der Waals surface area contributed by atoms with Crippen molar-refractivity contribution in [2.24, 2.45) is 16.6 Å². The Labute approximate surface area is 95.6 Å². The van der Waals surface area contributed by atoms with E-state index < -0.39 is 0 Å². The zero-order valence-corrected chi connectivity index (χ0v) is 9.66. The van der Waals surface area contributed by atoms with E-state index in [1.54, 1.807) is 0 Å². The number of hydrazine groups is 1. The van der Waals surface area contributed by atoms with Gasteiger partial charge < -0.3 is 15.8 Å². The number of nitrogens with zero attached hydrogens (tertiary/aromatic N) is 1. The molecular weight excluding hydrogens is 210 g/mol. The van der Waals surface area contributed by atoms with Crippen molar-refractivity contribution in [2.75, 3.05) is 26.3 Å². The third-order valence-electron chi connectivity index (χ3n) is 1.72. The molecule has 0 aromatic carbocycles. The fourth-order valence-corrected chi connectivity index (χ4v) is 0.958. The molecule has 16 heavy (non-hydrogen) atoms. The molecule has 0 radical (unpaired) electrons. The molecule has 7 nitrogen and oxygen atoms in total. The Morgan fingerprint density at radius 2 is 2.25 bits per heavy atom. The van der Waals surface area contributed by atoms with Gasteiger partial charge in [-0.25, -0.2) is 5.84 Å². The van der Waals surface area contributed by atoms with E-state index in [0.717, 1.165) is 6.42 Å². The van der Waals surface area contributed by atoms with Crippen LogP contribution in [0.4, 0.5) is 0 Å². The maximum absolute atomic E-state index is 10.5. The minimum Gasteiger partial charge on any atom is -0.382 e. The summed E-state index contributed by atoms with van der Waals surface area (Å²) in [5.41, 5.74) is 7.40. The van der Waals surface area contributed by atoms with Crippen LogP contribution in [0.25, 0.3) is 0 Å². The van der Waals surface area contributed by atoms with E-state index in [0.29, 0.717) is 32.3 Å². The molecule has 0 aliphatic carbocycles. The fraction of sp³-hybridized carbons (Fsp3) is 0.778. The molecule has 0 aliphatic heterocycles. The normalized spacial score (nSPS) is 11.2. The summed E-state index contributed by atoms with van der Waals surface area (Å²) in [6.07, 6.45) is 1.08. The smallest absolute Gasteiger partial charge is 0.219 e. The van der Waals surface area contributed by atoms with E-state index in [1.807, 2.05) is 6.92 Å². The number of nitrogens with two attached hydrogens (primary N) is 2. The van der Waals surface area contributed by atoms with Gasteiger partial charge in [-0.1, -0.05) is 0 Å². The first-order valence-electron chi connectivity index (χ1n) is 5.31. The maximum Gasteiger partial charge on any atom is 0.219 e. The summed E-state index contributed by atoms with van der Waals surface area (Å²) in [5, 5.41) is 2.86. The molecular formula is C9H21N5O2. The van der Waals surface area contributed by atoms with Gasteiger partial charge in [0.05, 0.1) is 0 Å². The van der Waals surface area contributed by atoms with Crippen molar-refractivity contribution in [1.82, 2.24) is 10.7 Å². The van der Waals surface area contributed by atoms with Crippen LogP contribution in [0.1, 0.15) is 19.8 Å². The highest BCUT2D eigenvalue weighted by molar-refractivity contribution is 5.80. The van der Waals surface area contributed by atoms with Gasteiger partial charge in [0.25, 0.3) is 0 Å². The second kappa shape index (κ2) is 10.2. The lowest BCUT2D eigenvalue weighted by Crippen LogP contribution is -2.42. The number of nitrogens with one attached hydrogen (secondary N) is 2. The summed E-state index contributed by atoms with van der Waals surface area (Å²) < 4.78 is 5.16. The number of hydrogen-bond donors (Lipinski definition) is 4. The van der Waals surface area contributed by atoms with Crippen molar-refractivity contribution in [3.05, 3.63) is 0 Å². The summed E-state index contributed by atoms with van der Waals surface area (Å²) in [5.74, 6) is 5.34. The van der Waals surface area contributed by atoms with E-state index in [1.165, 1.54) is 0 Å². The number of aliphatic imine (C=N–C) groups is 1. The zero-order valence-electron chi connectivity index (χ0n) is 9.66. The molecule has 0 fully saturated rings. The lowest BCUT2D eigenvalue weighted by atomic mass is 10.4. The van der Waals surface area contributed by atoms with Crippen LogP contribution in [-0.2, 0) is 9.53 Å². The Morgan fingerprint density at radius 1 is 1.50 bits per heavy atom. The summed E-state index contributed by atoms with van der Waals surface area (Å²) in [4.78, 5) is 14.6. The molecule has 94 valence electrons. The van der Waals surface area contributed by atoms with Crippen LogP contribution in [0, 0.1) is 0 Å². The van der Waals surface area contributed by atoms with Gasteiger partial charge in [0, 0.05) is 32.7 Å². The summed E-state index contributed by atoms with van der Waals surface area (Å²) >= 11 is 0. The Kier molecular flexibility index (Phi) is 9.33. The van der Waals surface area contributed by atoms with Crippen molar-refractivity contribution in [1.29, 1.82) is 0 Å². The van der Waals surface area contributed by atoms with Crippen molar-refractivity contribution in [2.45, 2.75) is 19.8 Å². The number of carbonyl (C=O) groups is 1. The predicted octanol–water partition coefficient (Wildman–Crippen LogP) is -1.30. The van der Waals surface area contributed by atoms with Crippen molar-refractivity contribution >= 4 is 11.9 Å². The van der Waals surface area contributed by atoms with Crippen LogP contribution in [0.5, 0.6) is 0 Å². The number of amides is 1. The van der Waals surface area contributed by atoms with Gasteiger partial charge in [0.2, 0.25) is 11.9 Å².